The highest BCUT2D eigenvalue weighted by atomic mass is 32.1. The first-order valence-electron chi connectivity index (χ1n) is 6.08. The second-order valence-electron chi connectivity index (χ2n) is 4.06. The van der Waals surface area contributed by atoms with Crippen molar-refractivity contribution in [2.75, 3.05) is 26.8 Å². The molecule has 1 aromatic carbocycles. The van der Waals surface area contributed by atoms with E-state index in [1.54, 1.807) is 30.8 Å². The zero-order valence-corrected chi connectivity index (χ0v) is 11.8. The molecule has 0 saturated carbocycles. The number of carbonyl (C=O) groups excluding carboxylic acids is 2. The van der Waals surface area contributed by atoms with Gasteiger partial charge in [-0.25, -0.2) is 4.98 Å². The Hall–Kier alpha value is -1.99. The summed E-state index contributed by atoms with van der Waals surface area (Å²) < 4.78 is 5.76. The molecule has 6 nitrogen and oxygen atoms in total. The van der Waals surface area contributed by atoms with Crippen molar-refractivity contribution in [3.8, 4) is 0 Å². The smallest absolute Gasteiger partial charge is 0.251 e. The van der Waals surface area contributed by atoms with Gasteiger partial charge in [-0.1, -0.05) is 0 Å². The number of hydrogen-bond acceptors (Lipinski definition) is 5. The van der Waals surface area contributed by atoms with Crippen LogP contribution in [0, 0.1) is 0 Å². The molecule has 2 amide bonds. The average molecular weight is 293 g/mol. The number of fused-ring (bicyclic) bond motifs is 1. The number of methoxy groups -OCH3 is 1. The molecule has 0 saturated heterocycles. The SMILES string of the molecule is COCCNC(=O)CNC(=O)c1ccc2ncsc2c1. The molecule has 0 aliphatic carbocycles. The van der Waals surface area contributed by atoms with Crippen molar-refractivity contribution in [2.45, 2.75) is 0 Å². The Morgan fingerprint density at radius 3 is 3.00 bits per heavy atom. The predicted molar refractivity (Wildman–Crippen MR) is 76.8 cm³/mol. The molecule has 0 radical (unpaired) electrons. The lowest BCUT2D eigenvalue weighted by Gasteiger charge is -2.06. The van der Waals surface area contributed by atoms with E-state index in [1.165, 1.54) is 11.3 Å². The molecule has 0 aliphatic heterocycles. The third-order valence-electron chi connectivity index (χ3n) is 2.63. The molecule has 106 valence electrons. The summed E-state index contributed by atoms with van der Waals surface area (Å²) >= 11 is 1.47. The van der Waals surface area contributed by atoms with Gasteiger partial charge >= 0.3 is 0 Å². The van der Waals surface area contributed by atoms with E-state index in [0.717, 1.165) is 10.2 Å². The van der Waals surface area contributed by atoms with Crippen molar-refractivity contribution in [2.24, 2.45) is 0 Å². The molecular weight excluding hydrogens is 278 g/mol. The summed E-state index contributed by atoms with van der Waals surface area (Å²) in [5, 5.41) is 5.20. The van der Waals surface area contributed by atoms with Crippen LogP contribution in [0.3, 0.4) is 0 Å². The van der Waals surface area contributed by atoms with Gasteiger partial charge < -0.3 is 15.4 Å². The Labute approximate surface area is 120 Å². The van der Waals surface area contributed by atoms with Crippen LogP contribution in [0.4, 0.5) is 0 Å². The van der Waals surface area contributed by atoms with Gasteiger partial charge in [-0.15, -0.1) is 11.3 Å². The fourth-order valence-corrected chi connectivity index (χ4v) is 2.33. The van der Waals surface area contributed by atoms with Gasteiger partial charge in [0.1, 0.15) is 0 Å². The second kappa shape index (κ2) is 6.97. The highest BCUT2D eigenvalue weighted by Gasteiger charge is 2.09. The molecule has 7 heteroatoms. The van der Waals surface area contributed by atoms with Gasteiger partial charge in [-0.2, -0.15) is 0 Å². The zero-order chi connectivity index (χ0) is 14.4. The van der Waals surface area contributed by atoms with E-state index >= 15 is 0 Å². The summed E-state index contributed by atoms with van der Waals surface area (Å²) in [6.45, 7) is 0.822. The minimum Gasteiger partial charge on any atom is -0.383 e. The Morgan fingerprint density at radius 1 is 1.35 bits per heavy atom. The van der Waals surface area contributed by atoms with Crippen LogP contribution >= 0.6 is 11.3 Å². The Kier molecular flexibility index (Phi) is 5.03. The summed E-state index contributed by atoms with van der Waals surface area (Å²) in [6, 6.07) is 5.25. The predicted octanol–water partition coefficient (Wildman–Crippen LogP) is 0.789. The van der Waals surface area contributed by atoms with Crippen molar-refractivity contribution in [1.29, 1.82) is 0 Å². The van der Waals surface area contributed by atoms with Crippen molar-refractivity contribution in [1.82, 2.24) is 15.6 Å². The Balaban J connectivity index is 1.86. The molecule has 0 spiro atoms. The van der Waals surface area contributed by atoms with E-state index in [-0.39, 0.29) is 18.4 Å². The number of ether oxygens (including phenoxy) is 1. The lowest BCUT2D eigenvalue weighted by Crippen LogP contribution is -2.38. The van der Waals surface area contributed by atoms with E-state index in [4.69, 9.17) is 4.74 Å². The van der Waals surface area contributed by atoms with Crippen LogP contribution in [0.25, 0.3) is 10.2 Å². The van der Waals surface area contributed by atoms with Crippen molar-refractivity contribution >= 4 is 33.4 Å². The number of hydrogen-bond donors (Lipinski definition) is 2. The number of aromatic nitrogens is 1. The zero-order valence-electron chi connectivity index (χ0n) is 11.0. The molecule has 0 bridgehead atoms. The highest BCUT2D eigenvalue weighted by Crippen LogP contribution is 2.18. The topological polar surface area (TPSA) is 80.3 Å². The van der Waals surface area contributed by atoms with E-state index in [9.17, 15) is 9.59 Å². The minimum absolute atomic E-state index is 0.0523. The third kappa shape index (κ3) is 3.75. The van der Waals surface area contributed by atoms with Gasteiger partial charge in [-0.05, 0) is 18.2 Å². The maximum atomic E-state index is 11.9. The van der Waals surface area contributed by atoms with Crippen LogP contribution < -0.4 is 10.6 Å². The summed E-state index contributed by atoms with van der Waals surface area (Å²) in [7, 11) is 1.56. The lowest BCUT2D eigenvalue weighted by atomic mass is 10.2. The first-order chi connectivity index (χ1) is 9.70. The van der Waals surface area contributed by atoms with Crippen LogP contribution in [-0.2, 0) is 9.53 Å². The number of benzene rings is 1. The van der Waals surface area contributed by atoms with Gasteiger partial charge in [0.25, 0.3) is 5.91 Å². The minimum atomic E-state index is -0.276. The van der Waals surface area contributed by atoms with E-state index in [1.807, 2.05) is 0 Å². The van der Waals surface area contributed by atoms with Crippen molar-refractivity contribution < 1.29 is 14.3 Å². The molecular formula is C13H15N3O3S. The normalized spacial score (nSPS) is 10.4. The number of rotatable bonds is 6. The van der Waals surface area contributed by atoms with Gasteiger partial charge in [0.05, 0.1) is 28.9 Å². The molecule has 1 aromatic heterocycles. The van der Waals surface area contributed by atoms with Gasteiger partial charge in [0.2, 0.25) is 5.91 Å². The summed E-state index contributed by atoms with van der Waals surface area (Å²) in [4.78, 5) is 27.5. The maximum absolute atomic E-state index is 11.9. The van der Waals surface area contributed by atoms with E-state index in [0.29, 0.717) is 18.7 Å². The second-order valence-corrected chi connectivity index (χ2v) is 4.95. The first-order valence-corrected chi connectivity index (χ1v) is 6.96. The van der Waals surface area contributed by atoms with Crippen LogP contribution in [0.2, 0.25) is 0 Å². The number of nitrogens with zero attached hydrogens (tertiary/aromatic N) is 1. The maximum Gasteiger partial charge on any atom is 0.251 e. The quantitative estimate of drug-likeness (QED) is 0.772. The van der Waals surface area contributed by atoms with Crippen LogP contribution in [-0.4, -0.2) is 43.6 Å². The fraction of sp³-hybridized carbons (Fsp3) is 0.308. The van der Waals surface area contributed by atoms with Crippen LogP contribution in [0.1, 0.15) is 10.4 Å². The number of thiazole rings is 1. The van der Waals surface area contributed by atoms with Gasteiger partial charge in [-0.3, -0.25) is 9.59 Å². The molecule has 2 rings (SSSR count). The van der Waals surface area contributed by atoms with Crippen molar-refractivity contribution in [3.05, 3.63) is 29.3 Å². The molecule has 2 N–H and O–H groups in total. The molecule has 0 unspecified atom stereocenters. The number of carbonyl (C=O) groups is 2. The highest BCUT2D eigenvalue weighted by molar-refractivity contribution is 7.16. The first kappa shape index (κ1) is 14.4. The van der Waals surface area contributed by atoms with Gasteiger partial charge in [0.15, 0.2) is 0 Å². The lowest BCUT2D eigenvalue weighted by molar-refractivity contribution is -0.120. The average Bonchev–Trinajstić information content (AvgIpc) is 2.92. The molecule has 0 atom stereocenters. The van der Waals surface area contributed by atoms with E-state index in [2.05, 4.69) is 15.6 Å². The Morgan fingerprint density at radius 2 is 2.20 bits per heavy atom. The number of nitrogens with one attached hydrogen (secondary N) is 2. The summed E-state index contributed by atoms with van der Waals surface area (Å²) in [6.07, 6.45) is 0. The van der Waals surface area contributed by atoms with Crippen LogP contribution in [0.15, 0.2) is 23.7 Å². The molecule has 20 heavy (non-hydrogen) atoms. The van der Waals surface area contributed by atoms with E-state index < -0.39 is 0 Å². The van der Waals surface area contributed by atoms with Gasteiger partial charge in [0, 0.05) is 19.2 Å². The fourth-order valence-electron chi connectivity index (χ4n) is 1.61. The Bertz CT molecular complexity index is 612. The number of amides is 2. The van der Waals surface area contributed by atoms with Crippen molar-refractivity contribution in [3.63, 3.8) is 0 Å². The largest absolute Gasteiger partial charge is 0.383 e. The molecule has 0 fully saturated rings. The molecule has 2 aromatic rings. The summed E-state index contributed by atoms with van der Waals surface area (Å²) in [5.41, 5.74) is 3.12. The van der Waals surface area contributed by atoms with Crippen LogP contribution in [0.5, 0.6) is 0 Å². The molecule has 0 aliphatic rings. The molecule has 1 heterocycles. The third-order valence-corrected chi connectivity index (χ3v) is 3.42. The monoisotopic (exact) mass is 293 g/mol. The summed E-state index contributed by atoms with van der Waals surface area (Å²) in [5.74, 6) is -0.517. The standard InChI is InChI=1S/C13H15N3O3S/c1-19-5-4-14-12(17)7-15-13(18)9-2-3-10-11(6-9)20-8-16-10/h2-3,6,8H,4-5,7H2,1H3,(H,14,17)(H,15,18).